The van der Waals surface area contributed by atoms with Gasteiger partial charge in [-0.15, -0.1) is 0 Å². The Morgan fingerprint density at radius 1 is 1.58 bits per heavy atom. The van der Waals surface area contributed by atoms with Crippen molar-refractivity contribution in [2.75, 3.05) is 20.3 Å². The van der Waals surface area contributed by atoms with E-state index in [0.29, 0.717) is 25.4 Å². The number of halogens is 1. The van der Waals surface area contributed by atoms with E-state index in [1.54, 1.807) is 0 Å². The third kappa shape index (κ3) is 2.67. The van der Waals surface area contributed by atoms with E-state index in [1.807, 2.05) is 0 Å². The molecule has 7 heteroatoms. The summed E-state index contributed by atoms with van der Waals surface area (Å²) in [6, 6.07) is 0.102. The van der Waals surface area contributed by atoms with Crippen LogP contribution in [-0.4, -0.2) is 49.3 Å². The van der Waals surface area contributed by atoms with E-state index in [9.17, 15) is 9.18 Å². The van der Waals surface area contributed by atoms with Gasteiger partial charge in [-0.3, -0.25) is 14.1 Å². The minimum atomic E-state index is -0.377. The number of fused-ring (bicyclic) bond motifs is 2. The number of hydrogen-bond acceptors (Lipinski definition) is 5. The molecule has 0 spiro atoms. The van der Waals surface area contributed by atoms with E-state index in [4.69, 9.17) is 10.3 Å². The van der Waals surface area contributed by atoms with Crippen molar-refractivity contribution >= 4 is 5.97 Å². The van der Waals surface area contributed by atoms with Crippen LogP contribution in [0.1, 0.15) is 25.7 Å². The molecule has 4 unspecified atom stereocenters. The molecule has 106 valence electrons. The van der Waals surface area contributed by atoms with Crippen LogP contribution in [0.2, 0.25) is 0 Å². The molecule has 2 bridgehead atoms. The predicted molar refractivity (Wildman–Crippen MR) is 65.3 cm³/mol. The van der Waals surface area contributed by atoms with Gasteiger partial charge in [-0.05, 0) is 25.7 Å². The maximum absolute atomic E-state index is 12.4. The lowest BCUT2D eigenvalue weighted by Crippen LogP contribution is -2.53. The zero-order chi connectivity index (χ0) is 13.8. The Balaban J connectivity index is 2.19. The summed E-state index contributed by atoms with van der Waals surface area (Å²) in [6.45, 7) is 0.332. The molecular formula is C12H20FN4O2+. The smallest absolute Gasteiger partial charge is 0.312 e. The summed E-state index contributed by atoms with van der Waals surface area (Å²) in [5.74, 6) is -0.676. The molecule has 0 aromatic heterocycles. The molecular weight excluding hydrogens is 251 g/mol. The molecule has 0 aromatic carbocycles. The lowest BCUT2D eigenvalue weighted by molar-refractivity contribution is -0.150. The van der Waals surface area contributed by atoms with Crippen LogP contribution in [0.5, 0.6) is 0 Å². The number of carbonyl (C=O) groups is 1. The predicted octanol–water partition coefficient (Wildman–Crippen LogP) is 1.29. The minimum absolute atomic E-state index is 0.0493. The maximum atomic E-state index is 12.4. The molecule has 2 aliphatic heterocycles. The molecule has 0 radical (unpaired) electrons. The summed E-state index contributed by atoms with van der Waals surface area (Å²) in [5.41, 5.74) is 6.88. The van der Waals surface area contributed by atoms with Crippen LogP contribution in [0.15, 0.2) is 5.11 Å². The van der Waals surface area contributed by atoms with Gasteiger partial charge in [0.1, 0.15) is 22.6 Å². The molecule has 6 nitrogen and oxygen atoms in total. The summed E-state index contributed by atoms with van der Waals surface area (Å²) < 4.78 is 17.2. The van der Waals surface area contributed by atoms with Crippen LogP contribution in [0.3, 0.4) is 0 Å². The Morgan fingerprint density at radius 3 is 3.00 bits per heavy atom. The number of methoxy groups -OCH3 is 1. The standard InChI is InChI=1S/C12H20FN4O2/c1-19-12(18)11-9(15-16-14)7-8-3-4-10(11)17(8)6-2-5-13/h8-11,14H,2-7H2,1H3/q+1. The Hall–Kier alpha value is -1.33. The zero-order valence-corrected chi connectivity index (χ0v) is 11.1. The zero-order valence-electron chi connectivity index (χ0n) is 11.1. The van der Waals surface area contributed by atoms with Crippen LogP contribution in [-0.2, 0) is 9.53 Å². The number of rotatable bonds is 5. The van der Waals surface area contributed by atoms with Crippen molar-refractivity contribution in [3.05, 3.63) is 0 Å². The van der Waals surface area contributed by atoms with Crippen molar-refractivity contribution in [3.8, 4) is 0 Å². The monoisotopic (exact) mass is 271 g/mol. The topological polar surface area (TPSA) is 79.8 Å². The van der Waals surface area contributed by atoms with Crippen molar-refractivity contribution in [2.45, 2.75) is 43.8 Å². The molecule has 19 heavy (non-hydrogen) atoms. The number of piperidine rings is 1. The first-order chi connectivity index (χ1) is 9.22. The van der Waals surface area contributed by atoms with E-state index in [1.165, 1.54) is 7.11 Å². The quantitative estimate of drug-likeness (QED) is 0.465. The lowest BCUT2D eigenvalue weighted by Gasteiger charge is -2.39. The molecule has 2 fully saturated rings. The van der Waals surface area contributed by atoms with E-state index in [-0.39, 0.29) is 30.6 Å². The molecule has 0 amide bonds. The Labute approximate surface area is 111 Å². The molecule has 2 saturated heterocycles. The van der Waals surface area contributed by atoms with Gasteiger partial charge in [0.25, 0.3) is 0 Å². The molecule has 0 aliphatic carbocycles. The molecule has 1 N–H and O–H groups in total. The average molecular weight is 271 g/mol. The highest BCUT2D eigenvalue weighted by Crippen LogP contribution is 2.41. The Kier molecular flexibility index (Phi) is 4.61. The molecule has 0 saturated carbocycles. The fraction of sp³-hybridized carbons (Fsp3) is 0.917. The second-order valence-corrected chi connectivity index (χ2v) is 5.15. The van der Waals surface area contributed by atoms with Gasteiger partial charge in [0, 0.05) is 18.6 Å². The van der Waals surface area contributed by atoms with Gasteiger partial charge in [-0.2, -0.15) is 0 Å². The maximum Gasteiger partial charge on any atom is 0.312 e. The largest absolute Gasteiger partial charge is 0.469 e. The highest BCUT2D eigenvalue weighted by Gasteiger charge is 2.52. The van der Waals surface area contributed by atoms with Gasteiger partial charge >= 0.3 is 5.97 Å². The first kappa shape index (κ1) is 14.1. The highest BCUT2D eigenvalue weighted by molar-refractivity contribution is 5.74. The van der Waals surface area contributed by atoms with Crippen LogP contribution in [0.25, 0.3) is 0 Å². The lowest BCUT2D eigenvalue weighted by atomic mass is 9.85. The Bertz CT molecular complexity index is 386. The first-order valence-corrected chi connectivity index (χ1v) is 6.69. The normalized spacial score (nSPS) is 33.8. The molecule has 2 rings (SSSR count). The van der Waals surface area contributed by atoms with E-state index < -0.39 is 0 Å². The molecule has 2 aliphatic rings. The summed E-state index contributed by atoms with van der Waals surface area (Å²) in [6.07, 6.45) is 3.09. The average Bonchev–Trinajstić information content (AvgIpc) is 2.69. The third-order valence-corrected chi connectivity index (χ3v) is 4.26. The van der Waals surface area contributed by atoms with E-state index in [2.05, 4.69) is 14.9 Å². The minimum Gasteiger partial charge on any atom is -0.469 e. The number of ether oxygens (including phenoxy) is 1. The van der Waals surface area contributed by atoms with Gasteiger partial charge in [-0.25, -0.2) is 0 Å². The second-order valence-electron chi connectivity index (χ2n) is 5.15. The molecule has 2 heterocycles. The summed E-state index contributed by atoms with van der Waals surface area (Å²) in [4.78, 5) is 17.3. The van der Waals surface area contributed by atoms with Gasteiger partial charge in [0.15, 0.2) is 0 Å². The number of hydrogen-bond donors (Lipinski definition) is 1. The number of alkyl halides is 1. The van der Waals surface area contributed by atoms with Crippen LogP contribution >= 0.6 is 0 Å². The van der Waals surface area contributed by atoms with Gasteiger partial charge < -0.3 is 4.74 Å². The fourth-order valence-electron chi connectivity index (χ4n) is 3.52. The van der Waals surface area contributed by atoms with E-state index in [0.717, 1.165) is 12.8 Å². The van der Waals surface area contributed by atoms with Crippen LogP contribution < -0.4 is 4.91 Å². The third-order valence-electron chi connectivity index (χ3n) is 4.26. The van der Waals surface area contributed by atoms with Gasteiger partial charge in [0.05, 0.1) is 13.8 Å². The van der Waals surface area contributed by atoms with Crippen LogP contribution in [0.4, 0.5) is 4.39 Å². The highest BCUT2D eigenvalue weighted by atomic mass is 19.1. The summed E-state index contributed by atoms with van der Waals surface area (Å²) >= 11 is 0. The molecule has 4 atom stereocenters. The number of esters is 1. The fourth-order valence-corrected chi connectivity index (χ4v) is 3.52. The first-order valence-electron chi connectivity index (χ1n) is 6.69. The van der Waals surface area contributed by atoms with Crippen molar-refractivity contribution < 1.29 is 13.9 Å². The SMILES string of the molecule is COC(=O)C1C(N=[N+]=N)CC2CCC1N2CCCF. The summed E-state index contributed by atoms with van der Waals surface area (Å²) in [5, 5.41) is 3.88. The molecule has 0 aromatic rings. The van der Waals surface area contributed by atoms with Crippen molar-refractivity contribution in [1.82, 2.24) is 9.81 Å². The van der Waals surface area contributed by atoms with Gasteiger partial charge in [-0.1, -0.05) is 0 Å². The van der Waals surface area contributed by atoms with E-state index >= 15 is 0 Å². The Morgan fingerprint density at radius 2 is 2.37 bits per heavy atom. The summed E-state index contributed by atoms with van der Waals surface area (Å²) in [7, 11) is 1.37. The number of nitrogens with one attached hydrogen (secondary N) is 1. The second kappa shape index (κ2) is 6.21. The number of carbonyl (C=O) groups excluding carboxylic acids is 1. The van der Waals surface area contributed by atoms with Crippen molar-refractivity contribution in [1.29, 1.82) is 5.53 Å². The van der Waals surface area contributed by atoms with Crippen molar-refractivity contribution in [2.24, 2.45) is 11.0 Å². The van der Waals surface area contributed by atoms with Crippen molar-refractivity contribution in [3.63, 3.8) is 0 Å². The van der Waals surface area contributed by atoms with Crippen LogP contribution in [0, 0.1) is 11.4 Å². The number of nitrogens with zero attached hydrogens (tertiary/aromatic N) is 3. The van der Waals surface area contributed by atoms with Gasteiger partial charge in [0.2, 0.25) is 4.91 Å².